The van der Waals surface area contributed by atoms with Crippen LogP contribution in [0.3, 0.4) is 0 Å². The fourth-order valence-corrected chi connectivity index (χ4v) is 5.46. The van der Waals surface area contributed by atoms with Crippen molar-refractivity contribution in [2.45, 2.75) is 50.3 Å². The SMILES string of the molecule is Cc1nc(N[C@H](C)c2cccc(C(F)F)c2F)c2cc(S(=O)(=O)N3CCC[C@@H](O)C3)ncc2n1. The molecular formula is C22H24F3N5O3S. The van der Waals surface area contributed by atoms with Crippen molar-refractivity contribution in [2.75, 3.05) is 18.4 Å². The molecule has 8 nitrogen and oxygen atoms in total. The van der Waals surface area contributed by atoms with Crippen LogP contribution in [0, 0.1) is 12.7 Å². The Kier molecular flexibility index (Phi) is 6.74. The zero-order valence-electron chi connectivity index (χ0n) is 18.5. The van der Waals surface area contributed by atoms with Crippen LogP contribution < -0.4 is 5.32 Å². The van der Waals surface area contributed by atoms with Crippen molar-refractivity contribution in [3.05, 3.63) is 53.2 Å². The molecule has 0 bridgehead atoms. The third-order valence-electron chi connectivity index (χ3n) is 5.75. The smallest absolute Gasteiger partial charge is 0.266 e. The van der Waals surface area contributed by atoms with Gasteiger partial charge in [-0.3, -0.25) is 0 Å². The highest BCUT2D eigenvalue weighted by Crippen LogP contribution is 2.31. The number of fused-ring (bicyclic) bond motifs is 1. The number of hydrogen-bond donors (Lipinski definition) is 2. The summed E-state index contributed by atoms with van der Waals surface area (Å²) in [6.45, 7) is 3.47. The average molecular weight is 496 g/mol. The van der Waals surface area contributed by atoms with E-state index in [0.717, 1.165) is 6.07 Å². The molecule has 0 aliphatic carbocycles. The minimum atomic E-state index is -3.98. The third-order valence-corrected chi connectivity index (χ3v) is 7.51. The number of anilines is 1. The molecule has 2 atom stereocenters. The molecule has 0 radical (unpaired) electrons. The highest BCUT2D eigenvalue weighted by atomic mass is 32.2. The fraction of sp³-hybridized carbons (Fsp3) is 0.409. The van der Waals surface area contributed by atoms with Crippen LogP contribution in [-0.4, -0.2) is 52.0 Å². The first-order chi connectivity index (χ1) is 16.1. The first-order valence-electron chi connectivity index (χ1n) is 10.7. The second-order valence-corrected chi connectivity index (χ2v) is 10.1. The van der Waals surface area contributed by atoms with Crippen molar-refractivity contribution < 1.29 is 26.7 Å². The summed E-state index contributed by atoms with van der Waals surface area (Å²) in [4.78, 5) is 12.7. The second-order valence-electron chi connectivity index (χ2n) is 8.24. The number of halogens is 3. The lowest BCUT2D eigenvalue weighted by atomic mass is 10.0. The van der Waals surface area contributed by atoms with Crippen LogP contribution in [0.15, 0.2) is 35.5 Å². The summed E-state index contributed by atoms with van der Waals surface area (Å²) < 4.78 is 68.3. The summed E-state index contributed by atoms with van der Waals surface area (Å²) in [6.07, 6.45) is -1.33. The van der Waals surface area contributed by atoms with Gasteiger partial charge in [-0.25, -0.2) is 36.5 Å². The maximum atomic E-state index is 14.7. The zero-order chi connectivity index (χ0) is 24.6. The van der Waals surface area contributed by atoms with Gasteiger partial charge in [0, 0.05) is 24.0 Å². The van der Waals surface area contributed by atoms with Gasteiger partial charge in [0.2, 0.25) is 0 Å². The van der Waals surface area contributed by atoms with E-state index in [1.54, 1.807) is 13.8 Å². The lowest BCUT2D eigenvalue weighted by Gasteiger charge is -2.28. The molecule has 1 aliphatic rings. The van der Waals surface area contributed by atoms with E-state index >= 15 is 0 Å². The van der Waals surface area contributed by atoms with Crippen LogP contribution in [0.25, 0.3) is 10.9 Å². The Morgan fingerprint density at radius 2 is 1.97 bits per heavy atom. The van der Waals surface area contributed by atoms with Crippen molar-refractivity contribution in [3.8, 4) is 0 Å². The number of aromatic nitrogens is 3. The Labute approximate surface area is 194 Å². The quantitative estimate of drug-likeness (QED) is 0.537. The molecule has 2 aromatic heterocycles. The Bertz CT molecular complexity index is 1320. The normalized spacial score (nSPS) is 18.4. The number of benzene rings is 1. The van der Waals surface area contributed by atoms with Gasteiger partial charge in [-0.15, -0.1) is 0 Å². The predicted octanol–water partition coefficient (Wildman–Crippen LogP) is 3.73. The second kappa shape index (κ2) is 9.43. The van der Waals surface area contributed by atoms with Gasteiger partial charge >= 0.3 is 0 Å². The predicted molar refractivity (Wildman–Crippen MR) is 119 cm³/mol. The van der Waals surface area contributed by atoms with Gasteiger partial charge in [0.15, 0.2) is 5.03 Å². The van der Waals surface area contributed by atoms with Gasteiger partial charge in [0.25, 0.3) is 16.4 Å². The molecule has 4 rings (SSSR count). The highest BCUT2D eigenvalue weighted by Gasteiger charge is 2.31. The highest BCUT2D eigenvalue weighted by molar-refractivity contribution is 7.89. The van der Waals surface area contributed by atoms with E-state index in [0.29, 0.717) is 29.6 Å². The monoisotopic (exact) mass is 495 g/mol. The topological polar surface area (TPSA) is 108 Å². The Balaban J connectivity index is 1.73. The lowest BCUT2D eigenvalue weighted by molar-refractivity contribution is 0.108. The van der Waals surface area contributed by atoms with Crippen LogP contribution in [0.5, 0.6) is 0 Å². The summed E-state index contributed by atoms with van der Waals surface area (Å²) in [5.41, 5.74) is -0.316. The van der Waals surface area contributed by atoms with Crippen LogP contribution in [0.2, 0.25) is 0 Å². The van der Waals surface area contributed by atoms with Crippen molar-refractivity contribution in [3.63, 3.8) is 0 Å². The summed E-state index contributed by atoms with van der Waals surface area (Å²) in [7, 11) is -3.98. The molecule has 34 heavy (non-hydrogen) atoms. The number of nitrogens with zero attached hydrogens (tertiary/aromatic N) is 4. The van der Waals surface area contributed by atoms with E-state index in [1.807, 2.05) is 0 Å². The van der Waals surface area contributed by atoms with E-state index < -0.39 is 40.0 Å². The van der Waals surface area contributed by atoms with Crippen LogP contribution in [-0.2, 0) is 10.0 Å². The summed E-state index contributed by atoms with van der Waals surface area (Å²) in [5, 5.41) is 13.0. The van der Waals surface area contributed by atoms with Gasteiger partial charge in [-0.1, -0.05) is 18.2 Å². The van der Waals surface area contributed by atoms with Gasteiger partial charge in [-0.2, -0.15) is 4.31 Å². The van der Waals surface area contributed by atoms with E-state index in [-0.39, 0.29) is 29.5 Å². The van der Waals surface area contributed by atoms with Crippen molar-refractivity contribution in [2.24, 2.45) is 0 Å². The molecule has 1 fully saturated rings. The molecule has 182 valence electrons. The van der Waals surface area contributed by atoms with E-state index in [9.17, 15) is 26.7 Å². The maximum Gasteiger partial charge on any atom is 0.266 e. The van der Waals surface area contributed by atoms with Gasteiger partial charge in [-0.05, 0) is 32.8 Å². The number of hydrogen-bond acceptors (Lipinski definition) is 7. The number of nitrogens with one attached hydrogen (secondary N) is 1. The number of piperidine rings is 1. The van der Waals surface area contributed by atoms with E-state index in [2.05, 4.69) is 20.3 Å². The summed E-state index contributed by atoms with van der Waals surface area (Å²) >= 11 is 0. The number of rotatable bonds is 6. The molecule has 0 unspecified atom stereocenters. The van der Waals surface area contributed by atoms with Gasteiger partial charge in [0.1, 0.15) is 17.5 Å². The zero-order valence-corrected chi connectivity index (χ0v) is 19.4. The first-order valence-corrected chi connectivity index (χ1v) is 12.2. The van der Waals surface area contributed by atoms with Crippen molar-refractivity contribution in [1.29, 1.82) is 0 Å². The summed E-state index contributed by atoms with van der Waals surface area (Å²) in [5.74, 6) is -0.434. The van der Waals surface area contributed by atoms with E-state index in [1.165, 1.54) is 28.7 Å². The molecule has 0 amide bonds. The number of pyridine rings is 1. The van der Waals surface area contributed by atoms with Crippen LogP contribution in [0.1, 0.15) is 49.2 Å². The van der Waals surface area contributed by atoms with Gasteiger partial charge < -0.3 is 10.4 Å². The molecule has 3 aromatic rings. The number of aryl methyl sites for hydroxylation is 1. The van der Waals surface area contributed by atoms with Crippen LogP contribution >= 0.6 is 0 Å². The van der Waals surface area contributed by atoms with Crippen molar-refractivity contribution >= 4 is 26.7 Å². The Hall–Kier alpha value is -2.83. The minimum absolute atomic E-state index is 0.0195. The average Bonchev–Trinajstić information content (AvgIpc) is 2.78. The number of β-amino-alcohol motifs (C(OH)–C–C–N with tert-alkyl or cyclic N) is 1. The largest absolute Gasteiger partial charge is 0.392 e. The van der Waals surface area contributed by atoms with E-state index in [4.69, 9.17) is 0 Å². The first kappa shape index (κ1) is 24.3. The number of aliphatic hydroxyl groups excluding tert-OH is 1. The molecule has 12 heteroatoms. The lowest BCUT2D eigenvalue weighted by Crippen LogP contribution is -2.42. The molecule has 1 aromatic carbocycles. The fourth-order valence-electron chi connectivity index (χ4n) is 4.01. The Morgan fingerprint density at radius 3 is 2.68 bits per heavy atom. The number of alkyl halides is 2. The minimum Gasteiger partial charge on any atom is -0.392 e. The Morgan fingerprint density at radius 1 is 1.24 bits per heavy atom. The molecule has 2 N–H and O–H groups in total. The summed E-state index contributed by atoms with van der Waals surface area (Å²) in [6, 6.07) is 4.34. The third kappa shape index (κ3) is 4.70. The molecule has 0 saturated carbocycles. The molecular weight excluding hydrogens is 471 g/mol. The standard InChI is InChI=1S/C22H24F3N5O3S/c1-12(15-6-3-7-16(20(15)23)21(24)25)27-22-17-9-19(26-10-18(17)28-13(2)29-22)34(32,33)30-8-4-5-14(31)11-30/h3,6-7,9-10,12,14,21,31H,4-5,8,11H2,1-2H3,(H,27,28,29)/t12-,14-/m1/s1. The molecule has 3 heterocycles. The molecule has 1 saturated heterocycles. The number of aliphatic hydroxyl groups is 1. The molecule has 1 aliphatic heterocycles. The van der Waals surface area contributed by atoms with Crippen molar-refractivity contribution in [1.82, 2.24) is 19.3 Å². The van der Waals surface area contributed by atoms with Crippen LogP contribution in [0.4, 0.5) is 19.0 Å². The maximum absolute atomic E-state index is 14.7. The van der Waals surface area contributed by atoms with Gasteiger partial charge in [0.05, 0.1) is 29.4 Å². The molecule has 0 spiro atoms. The number of sulfonamides is 1.